The van der Waals surface area contributed by atoms with E-state index in [1.807, 2.05) is 19.1 Å². The smallest absolute Gasteiger partial charge is 0.178 e. The molecule has 4 rings (SSSR count). The second kappa shape index (κ2) is 5.35. The van der Waals surface area contributed by atoms with Gasteiger partial charge in [0, 0.05) is 31.1 Å². The third-order valence-corrected chi connectivity index (χ3v) is 4.95. The first-order valence-corrected chi connectivity index (χ1v) is 8.13. The summed E-state index contributed by atoms with van der Waals surface area (Å²) in [6.07, 6.45) is 6.35. The second-order valence-electron chi connectivity index (χ2n) is 6.41. The van der Waals surface area contributed by atoms with Crippen LogP contribution in [-0.2, 0) is 13.0 Å². The Hall–Kier alpha value is -1.95. The number of rotatable bonds is 2. The molecule has 6 nitrogen and oxygen atoms in total. The molecule has 2 aromatic rings. The van der Waals surface area contributed by atoms with Gasteiger partial charge in [-0.25, -0.2) is 0 Å². The fourth-order valence-corrected chi connectivity index (χ4v) is 3.68. The maximum Gasteiger partial charge on any atom is 0.178 e. The Morgan fingerprint density at radius 3 is 2.73 bits per heavy atom. The van der Waals surface area contributed by atoms with Gasteiger partial charge in [-0.1, -0.05) is 12.8 Å². The molecule has 0 bridgehead atoms. The van der Waals surface area contributed by atoms with Crippen molar-refractivity contribution in [2.24, 2.45) is 0 Å². The molecule has 1 aliphatic heterocycles. The molecule has 0 spiro atoms. The van der Waals surface area contributed by atoms with Crippen molar-refractivity contribution in [3.05, 3.63) is 29.1 Å². The van der Waals surface area contributed by atoms with Crippen molar-refractivity contribution < 1.29 is 0 Å². The second-order valence-corrected chi connectivity index (χ2v) is 6.41. The van der Waals surface area contributed by atoms with Crippen LogP contribution >= 0.6 is 0 Å². The molecule has 0 amide bonds. The predicted molar refractivity (Wildman–Crippen MR) is 84.7 cm³/mol. The number of nitrogens with zero attached hydrogens (tertiary/aromatic N) is 5. The molecule has 2 N–H and O–H groups in total. The number of nitrogens with two attached hydrogens (primary N) is 1. The van der Waals surface area contributed by atoms with E-state index >= 15 is 0 Å². The van der Waals surface area contributed by atoms with Crippen molar-refractivity contribution >= 4 is 5.82 Å². The van der Waals surface area contributed by atoms with Crippen LogP contribution in [-0.4, -0.2) is 37.5 Å². The lowest BCUT2D eigenvalue weighted by atomic mass is 10.0. The van der Waals surface area contributed by atoms with Gasteiger partial charge in [-0.15, -0.1) is 5.10 Å². The molecule has 2 aliphatic rings. The molecule has 0 aromatic carbocycles. The highest BCUT2D eigenvalue weighted by Gasteiger charge is 2.29. The van der Waals surface area contributed by atoms with E-state index in [9.17, 15) is 0 Å². The van der Waals surface area contributed by atoms with Crippen LogP contribution in [0, 0.1) is 6.92 Å². The normalized spacial score (nSPS) is 19.5. The summed E-state index contributed by atoms with van der Waals surface area (Å²) >= 11 is 0. The molecule has 22 heavy (non-hydrogen) atoms. The maximum absolute atomic E-state index is 6.36. The Morgan fingerprint density at radius 1 is 1.18 bits per heavy atom. The molecule has 1 saturated carbocycles. The Labute approximate surface area is 130 Å². The number of hydrogen-bond acceptors (Lipinski definition) is 5. The van der Waals surface area contributed by atoms with Crippen molar-refractivity contribution in [2.45, 2.75) is 51.6 Å². The van der Waals surface area contributed by atoms with Gasteiger partial charge in [0.1, 0.15) is 5.82 Å². The quantitative estimate of drug-likeness (QED) is 0.916. The Bertz CT molecular complexity index is 669. The first kappa shape index (κ1) is 13.7. The number of nitrogen functional groups attached to an aromatic ring is 1. The summed E-state index contributed by atoms with van der Waals surface area (Å²) in [5, 5.41) is 13.0. The van der Waals surface area contributed by atoms with Crippen molar-refractivity contribution in [3.8, 4) is 5.82 Å². The monoisotopic (exact) mass is 298 g/mol. The minimum atomic E-state index is 0.699. The zero-order chi connectivity index (χ0) is 15.1. The third-order valence-electron chi connectivity index (χ3n) is 4.95. The zero-order valence-electron chi connectivity index (χ0n) is 13.0. The summed E-state index contributed by atoms with van der Waals surface area (Å²) in [6, 6.07) is 4.59. The lowest BCUT2D eigenvalue weighted by Gasteiger charge is -2.31. The van der Waals surface area contributed by atoms with E-state index in [-0.39, 0.29) is 0 Å². The summed E-state index contributed by atoms with van der Waals surface area (Å²) < 4.78 is 1.75. The maximum atomic E-state index is 6.36. The van der Waals surface area contributed by atoms with E-state index in [0.717, 1.165) is 42.8 Å². The van der Waals surface area contributed by atoms with Crippen LogP contribution in [0.4, 0.5) is 5.82 Å². The lowest BCUT2D eigenvalue weighted by Crippen LogP contribution is -2.37. The van der Waals surface area contributed by atoms with Gasteiger partial charge in [-0.05, 0) is 31.9 Å². The fourth-order valence-electron chi connectivity index (χ4n) is 3.68. The van der Waals surface area contributed by atoms with Gasteiger partial charge >= 0.3 is 0 Å². The average molecular weight is 298 g/mol. The van der Waals surface area contributed by atoms with Gasteiger partial charge < -0.3 is 5.73 Å². The van der Waals surface area contributed by atoms with E-state index in [0.29, 0.717) is 5.82 Å². The lowest BCUT2D eigenvalue weighted by molar-refractivity contribution is 0.181. The van der Waals surface area contributed by atoms with Crippen molar-refractivity contribution in [3.63, 3.8) is 0 Å². The molecule has 6 heteroatoms. The van der Waals surface area contributed by atoms with Crippen LogP contribution in [0.25, 0.3) is 5.82 Å². The van der Waals surface area contributed by atoms with Crippen molar-refractivity contribution in [1.29, 1.82) is 0 Å². The summed E-state index contributed by atoms with van der Waals surface area (Å²) in [6.45, 7) is 3.94. The van der Waals surface area contributed by atoms with Crippen LogP contribution in [0.2, 0.25) is 0 Å². The van der Waals surface area contributed by atoms with Crippen LogP contribution in [0.1, 0.15) is 42.6 Å². The highest BCUT2D eigenvalue weighted by atomic mass is 15.4. The number of anilines is 1. The van der Waals surface area contributed by atoms with E-state index in [2.05, 4.69) is 20.2 Å². The van der Waals surface area contributed by atoms with Gasteiger partial charge in [0.15, 0.2) is 5.82 Å². The highest BCUT2D eigenvalue weighted by molar-refractivity contribution is 5.49. The number of hydrogen-bond donors (Lipinski definition) is 1. The summed E-state index contributed by atoms with van der Waals surface area (Å²) in [5.74, 6) is 1.42. The van der Waals surface area contributed by atoms with Crippen LogP contribution in [0.15, 0.2) is 12.1 Å². The molecule has 2 aromatic heterocycles. The van der Waals surface area contributed by atoms with Crippen molar-refractivity contribution in [1.82, 2.24) is 24.9 Å². The Kier molecular flexibility index (Phi) is 3.33. The van der Waals surface area contributed by atoms with Gasteiger partial charge in [-0.2, -0.15) is 14.9 Å². The molecule has 3 heterocycles. The van der Waals surface area contributed by atoms with E-state index in [1.54, 1.807) is 4.68 Å². The van der Waals surface area contributed by atoms with Crippen LogP contribution in [0.5, 0.6) is 0 Å². The predicted octanol–water partition coefficient (Wildman–Crippen LogP) is 1.85. The topological polar surface area (TPSA) is 72.9 Å². The Morgan fingerprint density at radius 2 is 2.00 bits per heavy atom. The van der Waals surface area contributed by atoms with Gasteiger partial charge in [0.2, 0.25) is 0 Å². The van der Waals surface area contributed by atoms with E-state index in [4.69, 9.17) is 5.73 Å². The van der Waals surface area contributed by atoms with Gasteiger partial charge in [0.05, 0.1) is 11.4 Å². The molecule has 1 fully saturated rings. The molecule has 0 atom stereocenters. The van der Waals surface area contributed by atoms with Gasteiger partial charge in [0.25, 0.3) is 0 Å². The van der Waals surface area contributed by atoms with Crippen LogP contribution < -0.4 is 5.73 Å². The zero-order valence-corrected chi connectivity index (χ0v) is 13.0. The molecular weight excluding hydrogens is 276 g/mol. The molecule has 0 radical (unpaired) electrons. The van der Waals surface area contributed by atoms with Crippen molar-refractivity contribution in [2.75, 3.05) is 12.3 Å². The SMILES string of the molecule is Cc1ccc(-n2nc3c(c2N)CN(C2CCCC2)CC3)nn1. The number of fused-ring (bicyclic) bond motifs is 1. The number of aryl methyl sites for hydroxylation is 1. The molecule has 0 unspecified atom stereocenters. The van der Waals surface area contributed by atoms with Crippen LogP contribution in [0.3, 0.4) is 0 Å². The Balaban J connectivity index is 1.64. The number of aromatic nitrogens is 4. The molecule has 1 aliphatic carbocycles. The first-order chi connectivity index (χ1) is 10.7. The standard InChI is InChI=1S/C16H22N6/c1-11-6-7-15(19-18-11)22-16(17)13-10-21(9-8-14(13)20-22)12-4-2-3-5-12/h6-7,12H,2-5,8-10,17H2,1H3. The van der Waals surface area contributed by atoms with E-state index < -0.39 is 0 Å². The van der Waals surface area contributed by atoms with E-state index in [1.165, 1.54) is 31.2 Å². The fraction of sp³-hybridized carbons (Fsp3) is 0.562. The minimum absolute atomic E-state index is 0.699. The summed E-state index contributed by atoms with van der Waals surface area (Å²) in [7, 11) is 0. The third kappa shape index (κ3) is 2.27. The summed E-state index contributed by atoms with van der Waals surface area (Å²) in [5.41, 5.74) is 9.56. The summed E-state index contributed by atoms with van der Waals surface area (Å²) in [4.78, 5) is 2.58. The molecule has 0 saturated heterocycles. The average Bonchev–Trinajstić information content (AvgIpc) is 3.17. The highest BCUT2D eigenvalue weighted by Crippen LogP contribution is 2.31. The molecule has 116 valence electrons. The van der Waals surface area contributed by atoms with Gasteiger partial charge in [-0.3, -0.25) is 4.90 Å². The minimum Gasteiger partial charge on any atom is -0.383 e. The largest absolute Gasteiger partial charge is 0.383 e. The first-order valence-electron chi connectivity index (χ1n) is 8.13. The molecular formula is C16H22N6.